The Balaban J connectivity index is 2.09. The van der Waals surface area contributed by atoms with Gasteiger partial charge in [0.25, 0.3) is 0 Å². The van der Waals surface area contributed by atoms with E-state index in [9.17, 15) is 4.79 Å². The molecule has 0 fully saturated rings. The fourth-order valence-corrected chi connectivity index (χ4v) is 1.55. The van der Waals surface area contributed by atoms with Crippen molar-refractivity contribution in [2.24, 2.45) is 0 Å². The molecule has 0 atom stereocenters. The van der Waals surface area contributed by atoms with Crippen molar-refractivity contribution in [1.29, 1.82) is 0 Å². The molecule has 1 aromatic heterocycles. The molecule has 0 aliphatic rings. The molecule has 2 aromatic rings. The van der Waals surface area contributed by atoms with Crippen molar-refractivity contribution in [3.8, 4) is 5.75 Å². The molecule has 1 heterocycles. The number of allylic oxidation sites excluding steroid dienone is 2. The molecule has 2 rings (SSSR count). The smallest absolute Gasteiger partial charge is 0.339 e. The highest BCUT2D eigenvalue weighted by Gasteiger charge is 1.97. The third-order valence-corrected chi connectivity index (χ3v) is 2.46. The highest BCUT2D eigenvalue weighted by atomic mass is 16.5. The summed E-state index contributed by atoms with van der Waals surface area (Å²) in [5.41, 5.74) is 0.685. The largest absolute Gasteiger partial charge is 0.496 e. The van der Waals surface area contributed by atoms with Gasteiger partial charge in [0.05, 0.1) is 13.2 Å². The summed E-state index contributed by atoms with van der Waals surface area (Å²) in [5.74, 6) is 0.949. The van der Waals surface area contributed by atoms with Crippen molar-refractivity contribution >= 4 is 12.2 Å². The Hall–Kier alpha value is -2.55. The van der Waals surface area contributed by atoms with Gasteiger partial charge < -0.3 is 9.15 Å². The molecule has 0 saturated carbocycles. The van der Waals surface area contributed by atoms with E-state index in [1.54, 1.807) is 12.1 Å². The van der Waals surface area contributed by atoms with Crippen LogP contribution in [0.2, 0.25) is 0 Å². The van der Waals surface area contributed by atoms with Gasteiger partial charge in [-0.05, 0) is 11.6 Å². The summed E-state index contributed by atoms with van der Waals surface area (Å²) in [7, 11) is 1.51. The van der Waals surface area contributed by atoms with E-state index in [1.165, 1.54) is 13.2 Å². The van der Waals surface area contributed by atoms with Gasteiger partial charge in [-0.3, -0.25) is 0 Å². The minimum Gasteiger partial charge on any atom is -0.496 e. The van der Waals surface area contributed by atoms with Crippen LogP contribution in [0.15, 0.2) is 63.8 Å². The quantitative estimate of drug-likeness (QED) is 0.785. The fraction of sp³-hybridized carbons (Fsp3) is 0.0625. The molecular weight excluding hydrogens is 240 g/mol. The lowest BCUT2D eigenvalue weighted by Crippen LogP contribution is -1.98. The van der Waals surface area contributed by atoms with E-state index in [1.807, 2.05) is 48.6 Å². The molecule has 0 bridgehead atoms. The topological polar surface area (TPSA) is 39.4 Å². The van der Waals surface area contributed by atoms with Crippen molar-refractivity contribution < 1.29 is 9.15 Å². The Bertz CT molecular complexity index is 637. The predicted molar refractivity (Wildman–Crippen MR) is 76.0 cm³/mol. The minimum absolute atomic E-state index is 0.425. The van der Waals surface area contributed by atoms with Crippen molar-refractivity contribution in [3.05, 3.63) is 76.4 Å². The van der Waals surface area contributed by atoms with Crippen LogP contribution in [0.4, 0.5) is 0 Å². The van der Waals surface area contributed by atoms with Crippen LogP contribution >= 0.6 is 0 Å². The van der Waals surface area contributed by atoms with Gasteiger partial charge in [-0.1, -0.05) is 48.6 Å². The van der Waals surface area contributed by atoms with Gasteiger partial charge in [-0.15, -0.1) is 0 Å². The number of rotatable bonds is 4. The van der Waals surface area contributed by atoms with Gasteiger partial charge >= 0.3 is 5.63 Å². The molecule has 1 aromatic carbocycles. The number of ether oxygens (including phenoxy) is 1. The first kappa shape index (κ1) is 12.9. The number of hydrogen-bond acceptors (Lipinski definition) is 3. The van der Waals surface area contributed by atoms with Crippen LogP contribution in [0.1, 0.15) is 11.3 Å². The van der Waals surface area contributed by atoms with E-state index in [2.05, 4.69) is 0 Å². The molecule has 0 unspecified atom stereocenters. The van der Waals surface area contributed by atoms with Crippen LogP contribution in [-0.4, -0.2) is 7.11 Å². The highest BCUT2D eigenvalue weighted by Crippen LogP contribution is 2.11. The summed E-state index contributed by atoms with van der Waals surface area (Å²) in [6, 6.07) is 12.9. The van der Waals surface area contributed by atoms with E-state index >= 15 is 0 Å². The number of methoxy groups -OCH3 is 1. The second kappa shape index (κ2) is 6.40. The van der Waals surface area contributed by atoms with Gasteiger partial charge in [-0.2, -0.15) is 0 Å². The maximum absolute atomic E-state index is 11.2. The molecule has 0 amide bonds. The van der Waals surface area contributed by atoms with Crippen LogP contribution in [0.3, 0.4) is 0 Å². The fourth-order valence-electron chi connectivity index (χ4n) is 1.55. The maximum atomic E-state index is 11.2. The second-order valence-electron chi connectivity index (χ2n) is 3.85. The van der Waals surface area contributed by atoms with Crippen LogP contribution in [-0.2, 0) is 0 Å². The predicted octanol–water partition coefficient (Wildman–Crippen LogP) is 3.38. The first-order chi connectivity index (χ1) is 9.28. The van der Waals surface area contributed by atoms with Gasteiger partial charge in [0, 0.05) is 6.07 Å². The normalized spacial score (nSPS) is 11.2. The summed E-state index contributed by atoms with van der Waals surface area (Å²) in [6.07, 6.45) is 7.37. The van der Waals surface area contributed by atoms with Crippen LogP contribution in [0, 0.1) is 0 Å². The van der Waals surface area contributed by atoms with E-state index < -0.39 is 5.63 Å². The third kappa shape index (κ3) is 4.00. The standard InChI is InChI=1S/C16H14O3/c1-18-15-11-14(19-16(17)12-15)10-6-5-9-13-7-3-2-4-8-13/h2-12H,1H3/b9-5+,10-6-. The van der Waals surface area contributed by atoms with E-state index in [0.717, 1.165) is 5.56 Å². The summed E-state index contributed by atoms with van der Waals surface area (Å²) in [4.78, 5) is 11.2. The Morgan fingerprint density at radius 1 is 1.05 bits per heavy atom. The van der Waals surface area contributed by atoms with Crippen molar-refractivity contribution in [1.82, 2.24) is 0 Å². The number of benzene rings is 1. The molecule has 0 aliphatic heterocycles. The Kier molecular flexibility index (Phi) is 4.34. The SMILES string of the molecule is COc1cc(/C=C\C=C\c2ccccc2)oc(=O)c1. The van der Waals surface area contributed by atoms with Gasteiger partial charge in [-0.25, -0.2) is 4.79 Å². The Morgan fingerprint density at radius 3 is 2.53 bits per heavy atom. The first-order valence-electron chi connectivity index (χ1n) is 5.87. The lowest BCUT2D eigenvalue weighted by Gasteiger charge is -1.98. The summed E-state index contributed by atoms with van der Waals surface area (Å²) in [6.45, 7) is 0. The van der Waals surface area contributed by atoms with Gasteiger partial charge in [0.2, 0.25) is 0 Å². The van der Waals surface area contributed by atoms with Crippen LogP contribution in [0.25, 0.3) is 12.2 Å². The van der Waals surface area contributed by atoms with E-state index in [4.69, 9.17) is 9.15 Å². The number of hydrogen-bond donors (Lipinski definition) is 0. The molecule has 0 N–H and O–H groups in total. The average molecular weight is 254 g/mol. The van der Waals surface area contributed by atoms with Crippen molar-refractivity contribution in [2.45, 2.75) is 0 Å². The average Bonchev–Trinajstić information content (AvgIpc) is 2.44. The zero-order chi connectivity index (χ0) is 13.5. The molecule has 3 heteroatoms. The van der Waals surface area contributed by atoms with Crippen molar-refractivity contribution in [2.75, 3.05) is 7.11 Å². The van der Waals surface area contributed by atoms with Gasteiger partial charge in [0.1, 0.15) is 11.5 Å². The third-order valence-electron chi connectivity index (χ3n) is 2.46. The summed E-state index contributed by atoms with van der Waals surface area (Å²) in [5, 5.41) is 0. The lowest BCUT2D eigenvalue weighted by atomic mass is 10.2. The zero-order valence-corrected chi connectivity index (χ0v) is 10.6. The molecule has 0 spiro atoms. The molecular formula is C16H14O3. The maximum Gasteiger partial charge on any atom is 0.339 e. The Labute approximate surface area is 111 Å². The first-order valence-corrected chi connectivity index (χ1v) is 5.87. The highest BCUT2D eigenvalue weighted by molar-refractivity contribution is 5.55. The minimum atomic E-state index is -0.425. The Morgan fingerprint density at radius 2 is 1.79 bits per heavy atom. The van der Waals surface area contributed by atoms with Crippen LogP contribution < -0.4 is 10.4 Å². The lowest BCUT2D eigenvalue weighted by molar-refractivity contribution is 0.400. The van der Waals surface area contributed by atoms with E-state index in [-0.39, 0.29) is 0 Å². The van der Waals surface area contributed by atoms with Crippen LogP contribution in [0.5, 0.6) is 5.75 Å². The molecule has 0 aliphatic carbocycles. The summed E-state index contributed by atoms with van der Waals surface area (Å²) >= 11 is 0. The molecule has 96 valence electrons. The molecule has 3 nitrogen and oxygen atoms in total. The molecule has 0 radical (unpaired) electrons. The zero-order valence-electron chi connectivity index (χ0n) is 10.6. The molecule has 0 saturated heterocycles. The van der Waals surface area contributed by atoms with Crippen molar-refractivity contribution in [3.63, 3.8) is 0 Å². The van der Waals surface area contributed by atoms with E-state index in [0.29, 0.717) is 11.5 Å². The van der Waals surface area contributed by atoms with Gasteiger partial charge in [0.15, 0.2) is 0 Å². The molecule has 19 heavy (non-hydrogen) atoms. The summed E-state index contributed by atoms with van der Waals surface area (Å²) < 4.78 is 10.0. The monoisotopic (exact) mass is 254 g/mol. The second-order valence-corrected chi connectivity index (χ2v) is 3.85.